The van der Waals surface area contributed by atoms with Crippen molar-refractivity contribution in [1.29, 1.82) is 0 Å². The van der Waals surface area contributed by atoms with E-state index in [4.69, 9.17) is 9.84 Å². The Morgan fingerprint density at radius 2 is 2.00 bits per heavy atom. The SMILES string of the molecule is CCOC1CCC(O)C(O)C1. The monoisotopic (exact) mass is 160 g/mol. The molecule has 1 saturated carbocycles. The van der Waals surface area contributed by atoms with Crippen LogP contribution in [0.2, 0.25) is 0 Å². The third-order valence-electron chi connectivity index (χ3n) is 2.14. The predicted molar refractivity (Wildman–Crippen MR) is 41.3 cm³/mol. The lowest BCUT2D eigenvalue weighted by atomic mass is 9.92. The average Bonchev–Trinajstić information content (AvgIpc) is 1.98. The van der Waals surface area contributed by atoms with Crippen LogP contribution in [0, 0.1) is 0 Å². The van der Waals surface area contributed by atoms with Crippen molar-refractivity contribution < 1.29 is 14.9 Å². The molecule has 3 unspecified atom stereocenters. The predicted octanol–water partition coefficient (Wildman–Crippen LogP) is 0.297. The van der Waals surface area contributed by atoms with Gasteiger partial charge < -0.3 is 14.9 Å². The summed E-state index contributed by atoms with van der Waals surface area (Å²) in [6.45, 7) is 2.63. The van der Waals surface area contributed by atoms with E-state index < -0.39 is 12.2 Å². The zero-order chi connectivity index (χ0) is 8.27. The Hall–Kier alpha value is -0.120. The van der Waals surface area contributed by atoms with Crippen LogP contribution in [0.1, 0.15) is 26.2 Å². The quantitative estimate of drug-likeness (QED) is 0.610. The van der Waals surface area contributed by atoms with Gasteiger partial charge in [0, 0.05) is 13.0 Å². The topological polar surface area (TPSA) is 49.7 Å². The fourth-order valence-electron chi connectivity index (χ4n) is 1.48. The summed E-state index contributed by atoms with van der Waals surface area (Å²) in [5.41, 5.74) is 0. The standard InChI is InChI=1S/C8H16O3/c1-2-11-6-3-4-7(9)8(10)5-6/h6-10H,2-5H2,1H3. The Balaban J connectivity index is 2.28. The molecule has 0 amide bonds. The summed E-state index contributed by atoms with van der Waals surface area (Å²) >= 11 is 0. The fraction of sp³-hybridized carbons (Fsp3) is 1.00. The average molecular weight is 160 g/mol. The smallest absolute Gasteiger partial charge is 0.0823 e. The van der Waals surface area contributed by atoms with Gasteiger partial charge in [-0.15, -0.1) is 0 Å². The maximum atomic E-state index is 9.24. The minimum Gasteiger partial charge on any atom is -0.390 e. The molecule has 0 aromatic heterocycles. The van der Waals surface area contributed by atoms with Gasteiger partial charge in [-0.1, -0.05) is 0 Å². The van der Waals surface area contributed by atoms with Gasteiger partial charge >= 0.3 is 0 Å². The second-order valence-corrected chi connectivity index (χ2v) is 3.03. The van der Waals surface area contributed by atoms with Gasteiger partial charge in [-0.2, -0.15) is 0 Å². The summed E-state index contributed by atoms with van der Waals surface area (Å²) in [7, 11) is 0. The highest BCUT2D eigenvalue weighted by atomic mass is 16.5. The first kappa shape index (κ1) is 8.97. The summed E-state index contributed by atoms with van der Waals surface area (Å²) < 4.78 is 5.33. The van der Waals surface area contributed by atoms with Crippen molar-refractivity contribution in [3.8, 4) is 0 Å². The summed E-state index contributed by atoms with van der Waals surface area (Å²) in [5, 5.41) is 18.4. The molecule has 66 valence electrons. The summed E-state index contributed by atoms with van der Waals surface area (Å²) in [4.78, 5) is 0. The number of hydrogen-bond donors (Lipinski definition) is 2. The van der Waals surface area contributed by atoms with Crippen LogP contribution in [0.5, 0.6) is 0 Å². The van der Waals surface area contributed by atoms with E-state index in [0.29, 0.717) is 19.4 Å². The number of rotatable bonds is 2. The molecule has 0 saturated heterocycles. The van der Waals surface area contributed by atoms with E-state index in [1.165, 1.54) is 0 Å². The first-order chi connectivity index (χ1) is 5.24. The van der Waals surface area contributed by atoms with Crippen LogP contribution < -0.4 is 0 Å². The highest BCUT2D eigenvalue weighted by molar-refractivity contribution is 4.79. The zero-order valence-electron chi connectivity index (χ0n) is 6.86. The molecular formula is C8H16O3. The van der Waals surface area contributed by atoms with Gasteiger partial charge in [0.15, 0.2) is 0 Å². The fourth-order valence-corrected chi connectivity index (χ4v) is 1.48. The van der Waals surface area contributed by atoms with Crippen molar-refractivity contribution in [3.63, 3.8) is 0 Å². The van der Waals surface area contributed by atoms with E-state index in [9.17, 15) is 5.11 Å². The van der Waals surface area contributed by atoms with Crippen molar-refractivity contribution in [2.75, 3.05) is 6.61 Å². The first-order valence-corrected chi connectivity index (χ1v) is 4.21. The molecule has 11 heavy (non-hydrogen) atoms. The lowest BCUT2D eigenvalue weighted by molar-refractivity contribution is -0.0703. The molecule has 0 bridgehead atoms. The summed E-state index contributed by atoms with van der Waals surface area (Å²) in [6.07, 6.45) is 1.14. The summed E-state index contributed by atoms with van der Waals surface area (Å²) in [5.74, 6) is 0. The molecule has 0 aromatic carbocycles. The molecule has 1 rings (SSSR count). The molecule has 3 heteroatoms. The molecule has 1 aliphatic carbocycles. The summed E-state index contributed by atoms with van der Waals surface area (Å²) in [6, 6.07) is 0. The van der Waals surface area contributed by atoms with E-state index in [-0.39, 0.29) is 6.10 Å². The maximum absolute atomic E-state index is 9.24. The second-order valence-electron chi connectivity index (χ2n) is 3.03. The number of hydrogen-bond acceptors (Lipinski definition) is 3. The van der Waals surface area contributed by atoms with E-state index in [2.05, 4.69) is 0 Å². The van der Waals surface area contributed by atoms with Gasteiger partial charge in [-0.25, -0.2) is 0 Å². The highest BCUT2D eigenvalue weighted by Gasteiger charge is 2.27. The maximum Gasteiger partial charge on any atom is 0.0823 e. The van der Waals surface area contributed by atoms with Gasteiger partial charge in [-0.05, 0) is 19.8 Å². The number of aliphatic hydroxyl groups excluding tert-OH is 2. The van der Waals surface area contributed by atoms with Crippen LogP contribution >= 0.6 is 0 Å². The van der Waals surface area contributed by atoms with Crippen molar-refractivity contribution >= 4 is 0 Å². The van der Waals surface area contributed by atoms with Crippen LogP contribution in [-0.4, -0.2) is 35.1 Å². The Morgan fingerprint density at radius 1 is 1.27 bits per heavy atom. The van der Waals surface area contributed by atoms with Crippen LogP contribution in [0.15, 0.2) is 0 Å². The van der Waals surface area contributed by atoms with Crippen molar-refractivity contribution in [2.24, 2.45) is 0 Å². The van der Waals surface area contributed by atoms with Gasteiger partial charge in [0.1, 0.15) is 0 Å². The largest absolute Gasteiger partial charge is 0.390 e. The molecule has 1 fully saturated rings. The first-order valence-electron chi connectivity index (χ1n) is 4.21. The molecule has 0 spiro atoms. The molecular weight excluding hydrogens is 144 g/mol. The molecule has 0 aromatic rings. The molecule has 0 heterocycles. The Kier molecular flexibility index (Phi) is 3.30. The zero-order valence-corrected chi connectivity index (χ0v) is 6.86. The van der Waals surface area contributed by atoms with Crippen LogP contribution in [-0.2, 0) is 4.74 Å². The minimum absolute atomic E-state index is 0.151. The van der Waals surface area contributed by atoms with E-state index in [1.807, 2.05) is 6.92 Å². The highest BCUT2D eigenvalue weighted by Crippen LogP contribution is 2.21. The number of aliphatic hydroxyl groups is 2. The van der Waals surface area contributed by atoms with Crippen molar-refractivity contribution in [3.05, 3.63) is 0 Å². The van der Waals surface area contributed by atoms with Crippen LogP contribution in [0.3, 0.4) is 0 Å². The molecule has 1 aliphatic rings. The molecule has 2 N–H and O–H groups in total. The Labute approximate surface area is 67.0 Å². The van der Waals surface area contributed by atoms with Gasteiger partial charge in [-0.3, -0.25) is 0 Å². The van der Waals surface area contributed by atoms with Crippen molar-refractivity contribution in [2.45, 2.75) is 44.5 Å². The normalized spacial score (nSPS) is 39.0. The molecule has 0 aliphatic heterocycles. The second kappa shape index (κ2) is 4.04. The third kappa shape index (κ3) is 2.43. The minimum atomic E-state index is -0.583. The molecule has 3 atom stereocenters. The number of ether oxygens (including phenoxy) is 1. The lowest BCUT2D eigenvalue weighted by Crippen LogP contribution is -2.36. The van der Waals surface area contributed by atoms with Crippen LogP contribution in [0.25, 0.3) is 0 Å². The molecule has 0 radical (unpaired) electrons. The van der Waals surface area contributed by atoms with E-state index in [0.717, 1.165) is 6.42 Å². The third-order valence-corrected chi connectivity index (χ3v) is 2.14. The lowest BCUT2D eigenvalue weighted by Gasteiger charge is -2.29. The Morgan fingerprint density at radius 3 is 2.55 bits per heavy atom. The molecule has 3 nitrogen and oxygen atoms in total. The van der Waals surface area contributed by atoms with E-state index >= 15 is 0 Å². The van der Waals surface area contributed by atoms with Crippen molar-refractivity contribution in [1.82, 2.24) is 0 Å². The van der Waals surface area contributed by atoms with Gasteiger partial charge in [0.25, 0.3) is 0 Å². The van der Waals surface area contributed by atoms with Crippen LogP contribution in [0.4, 0.5) is 0 Å². The van der Waals surface area contributed by atoms with E-state index in [1.54, 1.807) is 0 Å². The van der Waals surface area contributed by atoms with Gasteiger partial charge in [0.05, 0.1) is 18.3 Å². The Bertz CT molecular complexity index is 116. The van der Waals surface area contributed by atoms with Gasteiger partial charge in [0.2, 0.25) is 0 Å².